The Hall–Kier alpha value is -1.64. The van der Waals surface area contributed by atoms with Crippen molar-refractivity contribution in [3.63, 3.8) is 0 Å². The van der Waals surface area contributed by atoms with Crippen molar-refractivity contribution < 1.29 is 10.2 Å². The number of aryl methyl sites for hydroxylation is 1. The first-order valence-electron chi connectivity index (χ1n) is 6.27. The van der Waals surface area contributed by atoms with Crippen LogP contribution >= 0.6 is 0 Å². The van der Waals surface area contributed by atoms with Crippen LogP contribution in [0.2, 0.25) is 0 Å². The Kier molecular flexibility index (Phi) is 2.69. The van der Waals surface area contributed by atoms with Crippen LogP contribution in [0, 0.1) is 0 Å². The maximum absolute atomic E-state index is 11.0. The molecule has 1 aliphatic rings. The minimum Gasteiger partial charge on any atom is -0.389 e. The summed E-state index contributed by atoms with van der Waals surface area (Å²) in [7, 11) is 0. The van der Waals surface area contributed by atoms with E-state index in [0.29, 0.717) is 6.42 Å². The Balaban J connectivity index is 2.21. The van der Waals surface area contributed by atoms with Crippen molar-refractivity contribution in [1.82, 2.24) is 0 Å². The van der Waals surface area contributed by atoms with Gasteiger partial charge in [-0.2, -0.15) is 0 Å². The first-order chi connectivity index (χ1) is 8.73. The standard InChI is InChI=1S/C16H16O2/c17-15-11-10-12-6-4-5-9-14(12)16(15,18)13-7-2-1-3-8-13/h1-9,15,17-18H,10-11H2/t15-,16+/m1/s1. The molecule has 2 N–H and O–H groups in total. The number of aliphatic hydroxyl groups excluding tert-OH is 1. The highest BCUT2D eigenvalue weighted by Crippen LogP contribution is 2.40. The molecule has 0 saturated heterocycles. The quantitative estimate of drug-likeness (QED) is 0.802. The van der Waals surface area contributed by atoms with Gasteiger partial charge in [-0.1, -0.05) is 54.6 Å². The Bertz CT molecular complexity index is 550. The van der Waals surface area contributed by atoms with Gasteiger partial charge < -0.3 is 10.2 Å². The van der Waals surface area contributed by atoms with Gasteiger partial charge >= 0.3 is 0 Å². The number of benzene rings is 2. The Morgan fingerprint density at radius 2 is 1.61 bits per heavy atom. The van der Waals surface area contributed by atoms with E-state index in [1.165, 1.54) is 0 Å². The zero-order valence-corrected chi connectivity index (χ0v) is 10.1. The molecule has 0 heterocycles. The molecular formula is C16H16O2. The smallest absolute Gasteiger partial charge is 0.141 e. The third-order valence-corrected chi connectivity index (χ3v) is 3.81. The van der Waals surface area contributed by atoms with E-state index >= 15 is 0 Å². The highest BCUT2D eigenvalue weighted by molar-refractivity contribution is 5.44. The molecule has 92 valence electrons. The molecule has 2 aromatic carbocycles. The second-order valence-corrected chi connectivity index (χ2v) is 4.84. The second kappa shape index (κ2) is 4.23. The van der Waals surface area contributed by atoms with Crippen molar-refractivity contribution in [1.29, 1.82) is 0 Å². The van der Waals surface area contributed by atoms with E-state index in [9.17, 15) is 10.2 Å². The Morgan fingerprint density at radius 3 is 2.39 bits per heavy atom. The van der Waals surface area contributed by atoms with E-state index < -0.39 is 11.7 Å². The van der Waals surface area contributed by atoms with Crippen LogP contribution in [-0.4, -0.2) is 16.3 Å². The maximum atomic E-state index is 11.0. The zero-order chi connectivity index (χ0) is 12.6. The van der Waals surface area contributed by atoms with Crippen LogP contribution in [0.25, 0.3) is 0 Å². The Labute approximate surface area is 107 Å². The van der Waals surface area contributed by atoms with Crippen LogP contribution in [-0.2, 0) is 12.0 Å². The lowest BCUT2D eigenvalue weighted by Gasteiger charge is -2.39. The van der Waals surface area contributed by atoms with Crippen molar-refractivity contribution in [3.05, 3.63) is 71.3 Å². The molecule has 18 heavy (non-hydrogen) atoms. The SMILES string of the molecule is O[C@@H]1CCc2ccccc2[C@@]1(O)c1ccccc1. The summed E-state index contributed by atoms with van der Waals surface area (Å²) in [5.74, 6) is 0. The zero-order valence-electron chi connectivity index (χ0n) is 10.1. The first-order valence-corrected chi connectivity index (χ1v) is 6.27. The number of hydrogen-bond acceptors (Lipinski definition) is 2. The van der Waals surface area contributed by atoms with Crippen molar-refractivity contribution >= 4 is 0 Å². The fraction of sp³-hybridized carbons (Fsp3) is 0.250. The molecule has 0 aliphatic heterocycles. The van der Waals surface area contributed by atoms with Crippen molar-refractivity contribution in [2.45, 2.75) is 24.5 Å². The highest BCUT2D eigenvalue weighted by atomic mass is 16.3. The molecule has 2 aromatic rings. The number of aliphatic hydroxyl groups is 2. The molecule has 0 bridgehead atoms. The largest absolute Gasteiger partial charge is 0.389 e. The van der Waals surface area contributed by atoms with Gasteiger partial charge in [-0.15, -0.1) is 0 Å². The monoisotopic (exact) mass is 240 g/mol. The van der Waals surface area contributed by atoms with Crippen LogP contribution < -0.4 is 0 Å². The van der Waals surface area contributed by atoms with Crippen molar-refractivity contribution in [2.75, 3.05) is 0 Å². The molecule has 0 fully saturated rings. The molecule has 0 unspecified atom stereocenters. The predicted octanol–water partition coefficient (Wildman–Crippen LogP) is 2.23. The molecule has 0 radical (unpaired) electrons. The molecule has 0 amide bonds. The molecule has 2 nitrogen and oxygen atoms in total. The van der Waals surface area contributed by atoms with Gasteiger partial charge in [-0.3, -0.25) is 0 Å². The van der Waals surface area contributed by atoms with Gasteiger partial charge in [0.15, 0.2) is 0 Å². The van der Waals surface area contributed by atoms with E-state index in [1.54, 1.807) is 0 Å². The molecule has 2 heteroatoms. The number of fused-ring (bicyclic) bond motifs is 1. The van der Waals surface area contributed by atoms with Gasteiger partial charge in [0.2, 0.25) is 0 Å². The highest BCUT2D eigenvalue weighted by Gasteiger charge is 2.43. The summed E-state index contributed by atoms with van der Waals surface area (Å²) >= 11 is 0. The lowest BCUT2D eigenvalue weighted by molar-refractivity contribution is -0.0598. The van der Waals surface area contributed by atoms with Gasteiger partial charge in [0.05, 0.1) is 6.10 Å². The molecule has 0 spiro atoms. The van der Waals surface area contributed by atoms with Crippen molar-refractivity contribution in [3.8, 4) is 0 Å². The second-order valence-electron chi connectivity index (χ2n) is 4.84. The summed E-state index contributed by atoms with van der Waals surface area (Å²) in [6.07, 6.45) is 0.643. The summed E-state index contributed by atoms with van der Waals surface area (Å²) in [6, 6.07) is 17.2. The van der Waals surface area contributed by atoms with E-state index in [4.69, 9.17) is 0 Å². The average Bonchev–Trinajstić information content (AvgIpc) is 2.44. The minimum atomic E-state index is -1.28. The third kappa shape index (κ3) is 1.57. The van der Waals surface area contributed by atoms with Crippen LogP contribution in [0.3, 0.4) is 0 Å². The minimum absolute atomic E-state index is 0.586. The van der Waals surface area contributed by atoms with Gasteiger partial charge in [0.1, 0.15) is 5.60 Å². The van der Waals surface area contributed by atoms with Crippen LogP contribution in [0.4, 0.5) is 0 Å². The van der Waals surface area contributed by atoms with Gasteiger partial charge in [-0.05, 0) is 29.5 Å². The summed E-state index contributed by atoms with van der Waals surface area (Å²) in [5.41, 5.74) is 1.42. The van der Waals surface area contributed by atoms with E-state index in [2.05, 4.69) is 0 Å². The fourth-order valence-electron chi connectivity index (χ4n) is 2.83. The lowest BCUT2D eigenvalue weighted by Crippen LogP contribution is -2.44. The molecule has 3 rings (SSSR count). The van der Waals surface area contributed by atoms with Crippen molar-refractivity contribution in [2.24, 2.45) is 0 Å². The molecule has 2 atom stereocenters. The summed E-state index contributed by atoms with van der Waals surface area (Å²) < 4.78 is 0. The van der Waals surface area contributed by atoms with Gasteiger partial charge in [-0.25, -0.2) is 0 Å². The number of hydrogen-bond donors (Lipinski definition) is 2. The van der Waals surface area contributed by atoms with E-state index in [-0.39, 0.29) is 0 Å². The maximum Gasteiger partial charge on any atom is 0.141 e. The number of rotatable bonds is 1. The van der Waals surface area contributed by atoms with Gasteiger partial charge in [0, 0.05) is 0 Å². The van der Waals surface area contributed by atoms with Crippen LogP contribution in [0.15, 0.2) is 54.6 Å². The normalized spacial score (nSPS) is 26.7. The van der Waals surface area contributed by atoms with Crippen LogP contribution in [0.5, 0.6) is 0 Å². The average molecular weight is 240 g/mol. The molecular weight excluding hydrogens is 224 g/mol. The lowest BCUT2D eigenvalue weighted by atomic mass is 9.73. The Morgan fingerprint density at radius 1 is 0.944 bits per heavy atom. The van der Waals surface area contributed by atoms with E-state index in [0.717, 1.165) is 23.1 Å². The van der Waals surface area contributed by atoms with E-state index in [1.807, 2.05) is 54.6 Å². The summed E-state index contributed by atoms with van der Waals surface area (Å²) in [4.78, 5) is 0. The fourth-order valence-corrected chi connectivity index (χ4v) is 2.83. The third-order valence-electron chi connectivity index (χ3n) is 3.81. The van der Waals surface area contributed by atoms with Crippen LogP contribution in [0.1, 0.15) is 23.1 Å². The molecule has 1 aliphatic carbocycles. The first kappa shape index (κ1) is 11.5. The molecule has 0 saturated carbocycles. The molecule has 0 aromatic heterocycles. The van der Waals surface area contributed by atoms with Gasteiger partial charge in [0.25, 0.3) is 0 Å². The topological polar surface area (TPSA) is 40.5 Å². The summed E-state index contributed by atoms with van der Waals surface area (Å²) in [5, 5.41) is 21.3. The summed E-state index contributed by atoms with van der Waals surface area (Å²) in [6.45, 7) is 0. The predicted molar refractivity (Wildman–Crippen MR) is 70.2 cm³/mol.